The highest BCUT2D eigenvalue weighted by atomic mass is 19.2. The zero-order valence-electron chi connectivity index (χ0n) is 12.8. The summed E-state index contributed by atoms with van der Waals surface area (Å²) in [7, 11) is 0. The van der Waals surface area contributed by atoms with Gasteiger partial charge in [-0.15, -0.1) is 0 Å². The molecule has 7 heteroatoms. The molecule has 2 aliphatic rings. The summed E-state index contributed by atoms with van der Waals surface area (Å²) < 4.78 is 27.7. The lowest BCUT2D eigenvalue weighted by Crippen LogP contribution is -2.50. The first kappa shape index (κ1) is 15.7. The van der Waals surface area contributed by atoms with Crippen LogP contribution in [-0.2, 0) is 0 Å². The molecule has 1 amide bonds. The van der Waals surface area contributed by atoms with Gasteiger partial charge in [0.15, 0.2) is 11.6 Å². The maximum Gasteiger partial charge on any atom is 0.404 e. The summed E-state index contributed by atoms with van der Waals surface area (Å²) >= 11 is 0. The Morgan fingerprint density at radius 1 is 1.39 bits per heavy atom. The number of rotatable bonds is 2. The van der Waals surface area contributed by atoms with Crippen molar-refractivity contribution in [3.8, 4) is 0 Å². The Bertz CT molecular complexity index is 650. The van der Waals surface area contributed by atoms with Gasteiger partial charge in [-0.2, -0.15) is 0 Å². The van der Waals surface area contributed by atoms with E-state index in [1.165, 1.54) is 6.07 Å². The molecular formula is C16H19F2N3O2. The Balaban J connectivity index is 1.89. The van der Waals surface area contributed by atoms with E-state index in [0.29, 0.717) is 31.5 Å². The van der Waals surface area contributed by atoms with E-state index in [2.05, 4.69) is 10.3 Å². The molecule has 3 atom stereocenters. The van der Waals surface area contributed by atoms with Crippen LogP contribution >= 0.6 is 0 Å². The Morgan fingerprint density at radius 2 is 2.17 bits per heavy atom. The van der Waals surface area contributed by atoms with Gasteiger partial charge in [0.25, 0.3) is 0 Å². The lowest BCUT2D eigenvalue weighted by atomic mass is 9.92. The molecule has 2 heterocycles. The number of amidine groups is 1. The minimum absolute atomic E-state index is 0.0623. The molecule has 0 aliphatic carbocycles. The van der Waals surface area contributed by atoms with E-state index in [4.69, 9.17) is 5.11 Å². The first-order chi connectivity index (χ1) is 11.0. The molecule has 1 aromatic carbocycles. The predicted molar refractivity (Wildman–Crippen MR) is 81.8 cm³/mol. The van der Waals surface area contributed by atoms with Crippen LogP contribution in [-0.4, -0.2) is 47.1 Å². The second-order valence-electron chi connectivity index (χ2n) is 6.08. The fourth-order valence-electron chi connectivity index (χ4n) is 3.59. The molecule has 2 aliphatic heterocycles. The van der Waals surface area contributed by atoms with Gasteiger partial charge in [-0.1, -0.05) is 12.1 Å². The summed E-state index contributed by atoms with van der Waals surface area (Å²) in [4.78, 5) is 17.4. The van der Waals surface area contributed by atoms with Crippen LogP contribution in [0.1, 0.15) is 31.2 Å². The van der Waals surface area contributed by atoms with Crippen molar-refractivity contribution in [2.24, 2.45) is 4.99 Å². The molecular weight excluding hydrogens is 304 g/mol. The standard InChI is InChI=1S/C16H19F2N3O2/c1-9-19-7-14-13(20-16(22)23)6-5-10(8-21(9)14)11-3-2-4-12(17)15(11)18/h2-4,10,13-14,20H,5-8H2,1H3,(H,22,23)/t10-,13-,14?/m1/s1. The summed E-state index contributed by atoms with van der Waals surface area (Å²) in [6.45, 7) is 2.90. The minimum Gasteiger partial charge on any atom is -0.465 e. The molecule has 0 spiro atoms. The van der Waals surface area contributed by atoms with Crippen LogP contribution in [0.25, 0.3) is 0 Å². The van der Waals surface area contributed by atoms with Crippen LogP contribution in [0.15, 0.2) is 23.2 Å². The lowest BCUT2D eigenvalue weighted by Gasteiger charge is -2.31. The molecule has 0 saturated carbocycles. The van der Waals surface area contributed by atoms with Crippen LogP contribution in [0.3, 0.4) is 0 Å². The van der Waals surface area contributed by atoms with Crippen molar-refractivity contribution < 1.29 is 18.7 Å². The van der Waals surface area contributed by atoms with E-state index in [1.54, 1.807) is 6.07 Å². The molecule has 1 saturated heterocycles. The molecule has 1 aromatic rings. The molecule has 1 unspecified atom stereocenters. The normalized spacial score (nSPS) is 27.2. The molecule has 124 valence electrons. The van der Waals surface area contributed by atoms with Gasteiger partial charge < -0.3 is 15.3 Å². The van der Waals surface area contributed by atoms with Gasteiger partial charge in [0.2, 0.25) is 0 Å². The average Bonchev–Trinajstić information content (AvgIpc) is 2.75. The highest BCUT2D eigenvalue weighted by molar-refractivity contribution is 5.82. The predicted octanol–water partition coefficient (Wildman–Crippen LogP) is 2.58. The number of benzene rings is 1. The van der Waals surface area contributed by atoms with Gasteiger partial charge in [0, 0.05) is 12.5 Å². The smallest absolute Gasteiger partial charge is 0.404 e. The molecule has 0 bridgehead atoms. The summed E-state index contributed by atoms with van der Waals surface area (Å²) in [5, 5.41) is 11.6. The van der Waals surface area contributed by atoms with Crippen LogP contribution < -0.4 is 5.32 Å². The molecule has 0 radical (unpaired) electrons. The summed E-state index contributed by atoms with van der Waals surface area (Å²) in [5.41, 5.74) is 0.347. The number of amides is 1. The van der Waals surface area contributed by atoms with Gasteiger partial charge in [-0.05, 0) is 31.4 Å². The third-order valence-corrected chi connectivity index (χ3v) is 4.76. The number of fused-ring (bicyclic) bond motifs is 1. The summed E-state index contributed by atoms with van der Waals surface area (Å²) in [6, 6.07) is 3.89. The Morgan fingerprint density at radius 3 is 2.91 bits per heavy atom. The topological polar surface area (TPSA) is 64.9 Å². The molecule has 23 heavy (non-hydrogen) atoms. The maximum absolute atomic E-state index is 14.1. The fourth-order valence-corrected chi connectivity index (χ4v) is 3.59. The van der Waals surface area contributed by atoms with E-state index in [9.17, 15) is 13.6 Å². The minimum atomic E-state index is -1.07. The van der Waals surface area contributed by atoms with Gasteiger partial charge >= 0.3 is 6.09 Å². The van der Waals surface area contributed by atoms with Crippen molar-refractivity contribution in [1.29, 1.82) is 0 Å². The maximum atomic E-state index is 14.1. The van der Waals surface area contributed by atoms with Crippen molar-refractivity contribution in [3.05, 3.63) is 35.4 Å². The highest BCUT2D eigenvalue weighted by Crippen LogP contribution is 2.33. The second kappa shape index (κ2) is 6.14. The SMILES string of the molecule is CC1=NCC2[C@H](NC(=O)O)CC[C@@H](c3cccc(F)c3F)CN12. The van der Waals surface area contributed by atoms with E-state index in [-0.39, 0.29) is 18.0 Å². The van der Waals surface area contributed by atoms with Crippen molar-refractivity contribution in [2.45, 2.75) is 37.8 Å². The largest absolute Gasteiger partial charge is 0.465 e. The molecule has 3 rings (SSSR count). The van der Waals surface area contributed by atoms with Crippen molar-refractivity contribution >= 4 is 11.9 Å². The summed E-state index contributed by atoms with van der Waals surface area (Å²) in [5.74, 6) is -1.05. The van der Waals surface area contributed by atoms with Crippen molar-refractivity contribution in [3.63, 3.8) is 0 Å². The monoisotopic (exact) mass is 323 g/mol. The molecule has 1 fully saturated rings. The van der Waals surface area contributed by atoms with E-state index < -0.39 is 17.7 Å². The quantitative estimate of drug-likeness (QED) is 0.879. The van der Waals surface area contributed by atoms with Crippen LogP contribution in [0, 0.1) is 11.6 Å². The lowest BCUT2D eigenvalue weighted by molar-refractivity contribution is 0.181. The van der Waals surface area contributed by atoms with E-state index in [1.807, 2.05) is 11.8 Å². The zero-order valence-corrected chi connectivity index (χ0v) is 12.8. The summed E-state index contributed by atoms with van der Waals surface area (Å²) in [6.07, 6.45) is 0.0811. The Kier molecular flexibility index (Phi) is 4.19. The third-order valence-electron chi connectivity index (χ3n) is 4.76. The number of hydrogen-bond acceptors (Lipinski definition) is 3. The number of carboxylic acid groups (broad SMARTS) is 1. The Hall–Kier alpha value is -2.18. The van der Waals surface area contributed by atoms with Crippen molar-refractivity contribution in [2.75, 3.05) is 13.1 Å². The first-order valence-electron chi connectivity index (χ1n) is 7.68. The van der Waals surface area contributed by atoms with Gasteiger partial charge in [-0.3, -0.25) is 4.99 Å². The number of carbonyl (C=O) groups is 1. The zero-order chi connectivity index (χ0) is 16.6. The van der Waals surface area contributed by atoms with Gasteiger partial charge in [-0.25, -0.2) is 13.6 Å². The number of halogens is 2. The second-order valence-corrected chi connectivity index (χ2v) is 6.08. The van der Waals surface area contributed by atoms with E-state index >= 15 is 0 Å². The number of nitrogens with one attached hydrogen (secondary N) is 1. The number of nitrogens with zero attached hydrogens (tertiary/aromatic N) is 2. The van der Waals surface area contributed by atoms with Gasteiger partial charge in [0.05, 0.1) is 24.5 Å². The fraction of sp³-hybridized carbons (Fsp3) is 0.500. The molecule has 2 N–H and O–H groups in total. The van der Waals surface area contributed by atoms with Gasteiger partial charge in [0.1, 0.15) is 0 Å². The van der Waals surface area contributed by atoms with Crippen molar-refractivity contribution in [1.82, 2.24) is 10.2 Å². The highest BCUT2D eigenvalue weighted by Gasteiger charge is 2.38. The van der Waals surface area contributed by atoms with Crippen LogP contribution in [0.4, 0.5) is 13.6 Å². The van der Waals surface area contributed by atoms with Crippen LogP contribution in [0.2, 0.25) is 0 Å². The third kappa shape index (κ3) is 3.00. The number of hydrogen-bond donors (Lipinski definition) is 2. The average molecular weight is 323 g/mol. The Labute approximate surface area is 133 Å². The number of aliphatic imine (C=N–C) groups is 1. The molecule has 5 nitrogen and oxygen atoms in total. The molecule has 0 aromatic heterocycles. The van der Waals surface area contributed by atoms with Crippen LogP contribution in [0.5, 0.6) is 0 Å². The first-order valence-corrected chi connectivity index (χ1v) is 7.68. The van der Waals surface area contributed by atoms with E-state index in [0.717, 1.165) is 11.9 Å².